The number of hydrogen-bond acceptors (Lipinski definition) is 3. The summed E-state index contributed by atoms with van der Waals surface area (Å²) in [5.41, 5.74) is 3.52. The second kappa shape index (κ2) is 7.82. The molecule has 2 aromatic rings. The van der Waals surface area contributed by atoms with Gasteiger partial charge in [-0.15, -0.1) is 0 Å². The first kappa shape index (κ1) is 17.1. The summed E-state index contributed by atoms with van der Waals surface area (Å²) < 4.78 is 11.0. The molecule has 1 unspecified atom stereocenters. The summed E-state index contributed by atoms with van der Waals surface area (Å²) in [6.07, 6.45) is -0.127. The topological polar surface area (TPSA) is 35.5 Å². The highest BCUT2D eigenvalue weighted by Gasteiger charge is 2.21. The van der Waals surface area contributed by atoms with Gasteiger partial charge in [0.2, 0.25) is 0 Å². The van der Waals surface area contributed by atoms with Crippen molar-refractivity contribution in [3.8, 4) is 16.9 Å². The van der Waals surface area contributed by atoms with Gasteiger partial charge in [0.15, 0.2) is 6.10 Å². The predicted octanol–water partition coefficient (Wildman–Crippen LogP) is 4.77. The molecular formula is C20H24O3. The summed E-state index contributed by atoms with van der Waals surface area (Å²) >= 11 is 0. The predicted molar refractivity (Wildman–Crippen MR) is 92.6 cm³/mol. The average Bonchev–Trinajstić information content (AvgIpc) is 2.53. The van der Waals surface area contributed by atoms with Crippen molar-refractivity contribution in [3.63, 3.8) is 0 Å². The Morgan fingerprint density at radius 2 is 1.48 bits per heavy atom. The number of hydrogen-bond donors (Lipinski definition) is 0. The first-order valence-electron chi connectivity index (χ1n) is 8.04. The van der Waals surface area contributed by atoms with Gasteiger partial charge < -0.3 is 9.47 Å². The lowest BCUT2D eigenvalue weighted by molar-refractivity contribution is -0.155. The molecule has 0 aliphatic rings. The number of benzene rings is 2. The van der Waals surface area contributed by atoms with Gasteiger partial charge >= 0.3 is 5.97 Å². The smallest absolute Gasteiger partial charge is 0.347 e. The Morgan fingerprint density at radius 1 is 0.957 bits per heavy atom. The summed E-state index contributed by atoms with van der Waals surface area (Å²) in [7, 11) is 0. The van der Waals surface area contributed by atoms with E-state index in [2.05, 4.69) is 31.2 Å². The lowest BCUT2D eigenvalue weighted by Gasteiger charge is -2.18. The number of aryl methyl sites for hydroxylation is 1. The van der Waals surface area contributed by atoms with Crippen LogP contribution in [-0.2, 0) is 9.53 Å². The van der Waals surface area contributed by atoms with Crippen molar-refractivity contribution in [2.24, 2.45) is 0 Å². The normalized spacial score (nSPS) is 12.0. The van der Waals surface area contributed by atoms with E-state index in [0.717, 1.165) is 11.1 Å². The third-order valence-corrected chi connectivity index (χ3v) is 3.50. The van der Waals surface area contributed by atoms with Gasteiger partial charge in [0.05, 0.1) is 6.10 Å². The Labute approximate surface area is 138 Å². The van der Waals surface area contributed by atoms with Crippen LogP contribution in [-0.4, -0.2) is 18.2 Å². The highest BCUT2D eigenvalue weighted by Crippen LogP contribution is 2.23. The maximum absolute atomic E-state index is 12.0. The first-order chi connectivity index (χ1) is 11.0. The maximum atomic E-state index is 12.0. The van der Waals surface area contributed by atoms with E-state index in [1.54, 1.807) is 0 Å². The fourth-order valence-corrected chi connectivity index (χ4v) is 2.24. The van der Waals surface area contributed by atoms with Crippen LogP contribution in [0.4, 0.5) is 0 Å². The van der Waals surface area contributed by atoms with Crippen LogP contribution in [0.1, 0.15) is 32.8 Å². The third kappa shape index (κ3) is 4.85. The van der Waals surface area contributed by atoms with Gasteiger partial charge in [-0.3, -0.25) is 0 Å². The van der Waals surface area contributed by atoms with E-state index < -0.39 is 6.10 Å². The van der Waals surface area contributed by atoms with E-state index in [1.807, 2.05) is 45.0 Å². The van der Waals surface area contributed by atoms with Crippen LogP contribution >= 0.6 is 0 Å². The number of rotatable bonds is 6. The van der Waals surface area contributed by atoms with Crippen molar-refractivity contribution in [2.75, 3.05) is 0 Å². The molecule has 2 aromatic carbocycles. The van der Waals surface area contributed by atoms with E-state index in [0.29, 0.717) is 12.2 Å². The van der Waals surface area contributed by atoms with Crippen LogP contribution < -0.4 is 4.74 Å². The molecule has 3 heteroatoms. The van der Waals surface area contributed by atoms with Crippen LogP contribution in [0.2, 0.25) is 0 Å². The third-order valence-electron chi connectivity index (χ3n) is 3.50. The standard InChI is InChI=1S/C20H24O3/c1-5-19(20(21)22-14(2)3)23-18-12-10-17(11-13-18)16-8-6-15(4)7-9-16/h6-14,19H,5H2,1-4H3. The molecule has 3 nitrogen and oxygen atoms in total. The lowest BCUT2D eigenvalue weighted by atomic mass is 10.0. The lowest BCUT2D eigenvalue weighted by Crippen LogP contribution is -2.30. The molecule has 0 radical (unpaired) electrons. The van der Waals surface area contributed by atoms with Gasteiger partial charge in [0.25, 0.3) is 0 Å². The molecule has 2 rings (SSSR count). The Balaban J connectivity index is 2.06. The van der Waals surface area contributed by atoms with Crippen molar-refractivity contribution >= 4 is 5.97 Å². The molecule has 0 heterocycles. The summed E-state index contributed by atoms with van der Waals surface area (Å²) in [5.74, 6) is 0.360. The molecule has 0 saturated carbocycles. The van der Waals surface area contributed by atoms with E-state index in [9.17, 15) is 4.79 Å². The molecule has 0 saturated heterocycles. The van der Waals surface area contributed by atoms with Crippen LogP contribution in [0.5, 0.6) is 5.75 Å². The minimum Gasteiger partial charge on any atom is -0.479 e. The fourth-order valence-electron chi connectivity index (χ4n) is 2.24. The zero-order chi connectivity index (χ0) is 16.8. The maximum Gasteiger partial charge on any atom is 0.347 e. The van der Waals surface area contributed by atoms with Crippen LogP contribution in [0.25, 0.3) is 11.1 Å². The molecule has 122 valence electrons. The van der Waals surface area contributed by atoms with Crippen LogP contribution in [0, 0.1) is 6.92 Å². The van der Waals surface area contributed by atoms with E-state index in [1.165, 1.54) is 5.56 Å². The molecule has 1 atom stereocenters. The van der Waals surface area contributed by atoms with Crippen molar-refractivity contribution in [2.45, 2.75) is 46.3 Å². The molecule has 0 spiro atoms. The minimum atomic E-state index is -0.567. The van der Waals surface area contributed by atoms with Gasteiger partial charge in [-0.2, -0.15) is 0 Å². The van der Waals surface area contributed by atoms with Crippen LogP contribution in [0.3, 0.4) is 0 Å². The van der Waals surface area contributed by atoms with Gasteiger partial charge in [0.1, 0.15) is 5.75 Å². The molecule has 0 N–H and O–H groups in total. The molecule has 0 aliphatic carbocycles. The van der Waals surface area contributed by atoms with Gasteiger partial charge in [-0.25, -0.2) is 4.79 Å². The summed E-state index contributed by atoms with van der Waals surface area (Å²) in [4.78, 5) is 12.0. The summed E-state index contributed by atoms with van der Waals surface area (Å²) in [6.45, 7) is 7.65. The Hall–Kier alpha value is -2.29. The van der Waals surface area contributed by atoms with Crippen molar-refractivity contribution < 1.29 is 14.3 Å². The Kier molecular flexibility index (Phi) is 5.80. The molecular weight excluding hydrogens is 288 g/mol. The Morgan fingerprint density at radius 3 is 1.96 bits per heavy atom. The highest BCUT2D eigenvalue weighted by atomic mass is 16.6. The summed E-state index contributed by atoms with van der Waals surface area (Å²) in [6, 6.07) is 16.2. The van der Waals surface area contributed by atoms with Gasteiger partial charge in [-0.1, -0.05) is 48.9 Å². The molecule has 0 aliphatic heterocycles. The number of ether oxygens (including phenoxy) is 2. The van der Waals surface area contributed by atoms with Gasteiger partial charge in [0, 0.05) is 0 Å². The van der Waals surface area contributed by atoms with Crippen molar-refractivity contribution in [1.29, 1.82) is 0 Å². The second-order valence-electron chi connectivity index (χ2n) is 5.89. The average molecular weight is 312 g/mol. The molecule has 23 heavy (non-hydrogen) atoms. The van der Waals surface area contributed by atoms with Crippen molar-refractivity contribution in [3.05, 3.63) is 54.1 Å². The molecule has 0 fully saturated rings. The zero-order valence-electron chi connectivity index (χ0n) is 14.2. The number of carbonyl (C=O) groups is 1. The quantitative estimate of drug-likeness (QED) is 0.721. The van der Waals surface area contributed by atoms with Crippen LogP contribution in [0.15, 0.2) is 48.5 Å². The van der Waals surface area contributed by atoms with E-state index in [4.69, 9.17) is 9.47 Å². The monoisotopic (exact) mass is 312 g/mol. The SMILES string of the molecule is CCC(Oc1ccc(-c2ccc(C)cc2)cc1)C(=O)OC(C)C. The molecule has 0 aromatic heterocycles. The molecule has 0 amide bonds. The fraction of sp³-hybridized carbons (Fsp3) is 0.350. The minimum absolute atomic E-state index is 0.135. The van der Waals surface area contributed by atoms with E-state index in [-0.39, 0.29) is 12.1 Å². The number of carbonyl (C=O) groups excluding carboxylic acids is 1. The Bertz CT molecular complexity index is 627. The first-order valence-corrected chi connectivity index (χ1v) is 8.04. The zero-order valence-corrected chi connectivity index (χ0v) is 14.2. The molecule has 0 bridgehead atoms. The van der Waals surface area contributed by atoms with Gasteiger partial charge in [-0.05, 0) is 50.5 Å². The second-order valence-corrected chi connectivity index (χ2v) is 5.89. The largest absolute Gasteiger partial charge is 0.479 e. The summed E-state index contributed by atoms with van der Waals surface area (Å²) in [5, 5.41) is 0. The number of esters is 1. The highest BCUT2D eigenvalue weighted by molar-refractivity contribution is 5.75. The van der Waals surface area contributed by atoms with Crippen molar-refractivity contribution in [1.82, 2.24) is 0 Å². The van der Waals surface area contributed by atoms with E-state index >= 15 is 0 Å².